The molecule has 104 valence electrons. The fraction of sp³-hybridized carbons (Fsp3) is 0.188. The summed E-state index contributed by atoms with van der Waals surface area (Å²) in [6.07, 6.45) is 4.17. The lowest BCUT2D eigenvalue weighted by atomic mass is 10.2. The monoisotopic (exact) mass is 303 g/mol. The number of thioether (sulfide) groups is 1. The molecule has 0 aliphatic carbocycles. The standard InChI is InChI=1S/C16H17NOS2/c18-16(17-12-15-9-5-11-20-15)13-19-10-4-8-14-6-2-1-3-7-14/h1-9,11H,10,12-13H2,(H,17,18)/b8-4-. The van der Waals surface area contributed by atoms with Gasteiger partial charge in [0, 0.05) is 10.6 Å². The van der Waals surface area contributed by atoms with E-state index in [2.05, 4.69) is 29.6 Å². The Labute approximate surface area is 127 Å². The van der Waals surface area contributed by atoms with E-state index in [4.69, 9.17) is 0 Å². The van der Waals surface area contributed by atoms with Crippen molar-refractivity contribution in [3.63, 3.8) is 0 Å². The molecule has 0 fully saturated rings. The fourth-order valence-corrected chi connectivity index (χ4v) is 2.90. The largest absolute Gasteiger partial charge is 0.350 e. The van der Waals surface area contributed by atoms with Crippen LogP contribution in [-0.4, -0.2) is 17.4 Å². The minimum atomic E-state index is 0.0940. The van der Waals surface area contributed by atoms with E-state index in [0.29, 0.717) is 12.3 Å². The first-order valence-corrected chi connectivity index (χ1v) is 8.46. The zero-order chi connectivity index (χ0) is 14.0. The highest BCUT2D eigenvalue weighted by Crippen LogP contribution is 2.08. The minimum Gasteiger partial charge on any atom is -0.350 e. The summed E-state index contributed by atoms with van der Waals surface area (Å²) in [4.78, 5) is 12.8. The van der Waals surface area contributed by atoms with Gasteiger partial charge in [0.15, 0.2) is 0 Å². The van der Waals surface area contributed by atoms with Crippen molar-refractivity contribution in [3.8, 4) is 0 Å². The second-order valence-corrected chi connectivity index (χ2v) is 6.25. The second-order valence-electron chi connectivity index (χ2n) is 4.18. The van der Waals surface area contributed by atoms with Gasteiger partial charge in [-0.1, -0.05) is 48.6 Å². The van der Waals surface area contributed by atoms with Crippen LogP contribution in [0.3, 0.4) is 0 Å². The summed E-state index contributed by atoms with van der Waals surface area (Å²) >= 11 is 3.28. The Morgan fingerprint density at radius 2 is 2.05 bits per heavy atom. The zero-order valence-electron chi connectivity index (χ0n) is 11.1. The molecule has 2 rings (SSSR count). The molecular formula is C16H17NOS2. The van der Waals surface area contributed by atoms with Crippen molar-refractivity contribution in [2.45, 2.75) is 6.54 Å². The number of nitrogens with one attached hydrogen (secondary N) is 1. The highest BCUT2D eigenvalue weighted by atomic mass is 32.2. The quantitative estimate of drug-likeness (QED) is 0.788. The Morgan fingerprint density at radius 3 is 2.80 bits per heavy atom. The molecular weight excluding hydrogens is 286 g/mol. The van der Waals surface area contributed by atoms with Crippen LogP contribution in [-0.2, 0) is 11.3 Å². The van der Waals surface area contributed by atoms with Gasteiger partial charge in [-0.3, -0.25) is 4.79 Å². The molecule has 1 N–H and O–H groups in total. The van der Waals surface area contributed by atoms with Crippen molar-refractivity contribution in [1.29, 1.82) is 0 Å². The molecule has 2 aromatic rings. The number of amides is 1. The third-order valence-electron chi connectivity index (χ3n) is 2.60. The third-order valence-corrected chi connectivity index (χ3v) is 4.37. The van der Waals surface area contributed by atoms with Crippen molar-refractivity contribution in [1.82, 2.24) is 5.32 Å². The van der Waals surface area contributed by atoms with E-state index < -0.39 is 0 Å². The summed E-state index contributed by atoms with van der Waals surface area (Å²) in [5, 5.41) is 4.94. The lowest BCUT2D eigenvalue weighted by Gasteiger charge is -2.02. The molecule has 0 radical (unpaired) electrons. The number of carbonyl (C=O) groups is 1. The van der Waals surface area contributed by atoms with Crippen LogP contribution in [0.15, 0.2) is 53.9 Å². The van der Waals surface area contributed by atoms with Crippen LogP contribution in [0.2, 0.25) is 0 Å². The van der Waals surface area contributed by atoms with Gasteiger partial charge in [0.05, 0.1) is 12.3 Å². The normalized spacial score (nSPS) is 10.8. The summed E-state index contributed by atoms with van der Waals surface area (Å²) < 4.78 is 0. The predicted octanol–water partition coefficient (Wildman–Crippen LogP) is 3.81. The molecule has 1 aromatic carbocycles. The molecule has 0 aliphatic heterocycles. The van der Waals surface area contributed by atoms with Crippen LogP contribution in [0.25, 0.3) is 6.08 Å². The van der Waals surface area contributed by atoms with Crippen LogP contribution in [0.1, 0.15) is 10.4 Å². The van der Waals surface area contributed by atoms with Crippen LogP contribution < -0.4 is 5.32 Å². The molecule has 0 bridgehead atoms. The summed E-state index contributed by atoms with van der Waals surface area (Å²) in [6.45, 7) is 0.636. The molecule has 20 heavy (non-hydrogen) atoms. The highest BCUT2D eigenvalue weighted by Gasteiger charge is 2.00. The van der Waals surface area contributed by atoms with Gasteiger partial charge in [0.25, 0.3) is 0 Å². The maximum atomic E-state index is 11.6. The fourth-order valence-electron chi connectivity index (χ4n) is 1.62. The number of carbonyl (C=O) groups excluding carboxylic acids is 1. The SMILES string of the molecule is O=C(CSC/C=C\c1ccccc1)NCc1cccs1. The Balaban J connectivity index is 1.58. The second kappa shape index (κ2) is 8.61. The molecule has 0 atom stereocenters. The predicted molar refractivity (Wildman–Crippen MR) is 89.0 cm³/mol. The molecule has 0 saturated heterocycles. The highest BCUT2D eigenvalue weighted by molar-refractivity contribution is 8.00. The average Bonchev–Trinajstić information content (AvgIpc) is 2.99. The maximum Gasteiger partial charge on any atom is 0.230 e. The minimum absolute atomic E-state index is 0.0940. The number of rotatable bonds is 7. The van der Waals surface area contributed by atoms with Gasteiger partial charge in [-0.15, -0.1) is 23.1 Å². The molecule has 0 spiro atoms. The van der Waals surface area contributed by atoms with Crippen LogP contribution in [0, 0.1) is 0 Å². The first kappa shape index (κ1) is 14.9. The maximum absolute atomic E-state index is 11.6. The Morgan fingerprint density at radius 1 is 1.20 bits per heavy atom. The van der Waals surface area contributed by atoms with Crippen molar-refractivity contribution >= 4 is 35.1 Å². The summed E-state index contributed by atoms with van der Waals surface area (Å²) in [5.41, 5.74) is 1.19. The molecule has 1 heterocycles. The number of hydrogen-bond donors (Lipinski definition) is 1. The molecule has 0 aliphatic rings. The lowest BCUT2D eigenvalue weighted by molar-refractivity contribution is -0.118. The molecule has 2 nitrogen and oxygen atoms in total. The van der Waals surface area contributed by atoms with Gasteiger partial charge in [0.2, 0.25) is 5.91 Å². The third kappa shape index (κ3) is 5.63. The van der Waals surface area contributed by atoms with E-state index in [1.165, 1.54) is 10.4 Å². The van der Waals surface area contributed by atoms with Crippen LogP contribution in [0.4, 0.5) is 0 Å². The number of hydrogen-bond acceptors (Lipinski definition) is 3. The zero-order valence-corrected chi connectivity index (χ0v) is 12.8. The van der Waals surface area contributed by atoms with Crippen molar-refractivity contribution < 1.29 is 4.79 Å². The van der Waals surface area contributed by atoms with E-state index in [9.17, 15) is 4.79 Å². The van der Waals surface area contributed by atoms with Gasteiger partial charge in [-0.25, -0.2) is 0 Å². The van der Waals surface area contributed by atoms with Crippen LogP contribution >= 0.6 is 23.1 Å². The molecule has 0 saturated carbocycles. The van der Waals surface area contributed by atoms with E-state index in [1.807, 2.05) is 35.7 Å². The number of benzene rings is 1. The van der Waals surface area contributed by atoms with Gasteiger partial charge >= 0.3 is 0 Å². The first-order chi connectivity index (χ1) is 9.84. The van der Waals surface area contributed by atoms with E-state index in [-0.39, 0.29) is 5.91 Å². The number of thiophene rings is 1. The summed E-state index contributed by atoms with van der Waals surface area (Å²) in [5.74, 6) is 1.45. The Kier molecular flexibility index (Phi) is 6.41. The topological polar surface area (TPSA) is 29.1 Å². The molecule has 1 amide bonds. The van der Waals surface area contributed by atoms with Crippen molar-refractivity contribution in [2.24, 2.45) is 0 Å². The van der Waals surface area contributed by atoms with Crippen molar-refractivity contribution in [2.75, 3.05) is 11.5 Å². The summed E-state index contributed by atoms with van der Waals surface area (Å²) in [6, 6.07) is 14.2. The lowest BCUT2D eigenvalue weighted by Crippen LogP contribution is -2.24. The van der Waals surface area contributed by atoms with Crippen LogP contribution in [0.5, 0.6) is 0 Å². The van der Waals surface area contributed by atoms with Crippen molar-refractivity contribution in [3.05, 3.63) is 64.4 Å². The molecule has 4 heteroatoms. The Bertz CT molecular complexity index is 535. The smallest absolute Gasteiger partial charge is 0.230 e. The van der Waals surface area contributed by atoms with Gasteiger partial charge < -0.3 is 5.32 Å². The Hall–Kier alpha value is -1.52. The van der Waals surface area contributed by atoms with Gasteiger partial charge in [-0.05, 0) is 17.0 Å². The van der Waals surface area contributed by atoms with E-state index in [0.717, 1.165) is 5.75 Å². The van der Waals surface area contributed by atoms with Gasteiger partial charge in [-0.2, -0.15) is 0 Å². The first-order valence-electron chi connectivity index (χ1n) is 6.43. The van der Waals surface area contributed by atoms with E-state index >= 15 is 0 Å². The molecule has 0 unspecified atom stereocenters. The van der Waals surface area contributed by atoms with Gasteiger partial charge in [0.1, 0.15) is 0 Å². The van der Waals surface area contributed by atoms with E-state index in [1.54, 1.807) is 23.1 Å². The molecule has 1 aromatic heterocycles. The average molecular weight is 303 g/mol. The summed E-state index contributed by atoms with van der Waals surface area (Å²) in [7, 11) is 0.